The summed E-state index contributed by atoms with van der Waals surface area (Å²) in [6, 6.07) is 7.63. The van der Waals surface area contributed by atoms with Crippen LogP contribution in [0.4, 0.5) is 0 Å². The summed E-state index contributed by atoms with van der Waals surface area (Å²) < 4.78 is 1.70. The summed E-state index contributed by atoms with van der Waals surface area (Å²) in [5.74, 6) is 0.303. The smallest absolute Gasteiger partial charge is 0.164 e. The average Bonchev–Trinajstić information content (AvgIpc) is 2.83. The molecule has 0 N–H and O–H groups in total. The predicted octanol–water partition coefficient (Wildman–Crippen LogP) is 5.13. The predicted molar refractivity (Wildman–Crippen MR) is 87.3 cm³/mol. The lowest BCUT2D eigenvalue weighted by Crippen LogP contribution is -2.04. The molecule has 0 bridgehead atoms. The molecule has 1 aromatic carbocycles. The van der Waals surface area contributed by atoms with Gasteiger partial charge in [0.15, 0.2) is 5.65 Å². The van der Waals surface area contributed by atoms with E-state index in [-0.39, 0.29) is 0 Å². The second kappa shape index (κ2) is 5.32. The first kappa shape index (κ1) is 14.4. The highest BCUT2D eigenvalue weighted by Gasteiger charge is 2.17. The molecule has 21 heavy (non-hydrogen) atoms. The summed E-state index contributed by atoms with van der Waals surface area (Å²) >= 11 is 12.4. The van der Waals surface area contributed by atoms with Gasteiger partial charge in [-0.25, -0.2) is 9.50 Å². The molecule has 0 atom stereocenters. The van der Waals surface area contributed by atoms with Crippen LogP contribution in [0.2, 0.25) is 10.2 Å². The lowest BCUT2D eigenvalue weighted by atomic mass is 10.0. The monoisotopic (exact) mass is 319 g/mol. The van der Waals surface area contributed by atoms with Gasteiger partial charge >= 0.3 is 0 Å². The van der Waals surface area contributed by atoms with Crippen LogP contribution in [-0.4, -0.2) is 14.6 Å². The maximum absolute atomic E-state index is 6.51. The molecular weight excluding hydrogens is 305 g/mol. The lowest BCUT2D eigenvalue weighted by Gasteiger charge is -2.12. The quantitative estimate of drug-likeness (QED) is 0.612. The highest BCUT2D eigenvalue weighted by Crippen LogP contribution is 2.31. The average molecular weight is 320 g/mol. The number of hydrogen-bond acceptors (Lipinski definition) is 2. The molecule has 0 saturated carbocycles. The van der Waals surface area contributed by atoms with Gasteiger partial charge in [0.2, 0.25) is 0 Å². The number of benzene rings is 1. The maximum atomic E-state index is 6.51. The van der Waals surface area contributed by atoms with Gasteiger partial charge in [0, 0.05) is 21.8 Å². The Labute approximate surface area is 133 Å². The van der Waals surface area contributed by atoms with Crippen LogP contribution in [-0.2, 0) is 0 Å². The van der Waals surface area contributed by atoms with E-state index < -0.39 is 0 Å². The maximum Gasteiger partial charge on any atom is 0.164 e. The summed E-state index contributed by atoms with van der Waals surface area (Å²) in [6.45, 7) is 6.19. The fraction of sp³-hybridized carbons (Fsp3) is 0.250. The van der Waals surface area contributed by atoms with Crippen molar-refractivity contribution in [3.05, 3.63) is 51.9 Å². The van der Waals surface area contributed by atoms with E-state index in [1.54, 1.807) is 10.7 Å². The Bertz CT molecular complexity index is 804. The van der Waals surface area contributed by atoms with E-state index in [1.807, 2.05) is 31.2 Å². The normalized spacial score (nSPS) is 11.5. The van der Waals surface area contributed by atoms with Crippen molar-refractivity contribution in [1.29, 1.82) is 0 Å². The molecule has 108 valence electrons. The Morgan fingerprint density at radius 3 is 2.38 bits per heavy atom. The third-order valence-electron chi connectivity index (χ3n) is 3.55. The molecule has 0 saturated heterocycles. The van der Waals surface area contributed by atoms with Crippen molar-refractivity contribution >= 4 is 28.8 Å². The molecule has 3 aromatic rings. The molecule has 5 heteroatoms. The van der Waals surface area contributed by atoms with Crippen molar-refractivity contribution < 1.29 is 0 Å². The Morgan fingerprint density at radius 1 is 1.10 bits per heavy atom. The van der Waals surface area contributed by atoms with Crippen molar-refractivity contribution in [2.24, 2.45) is 0 Å². The van der Waals surface area contributed by atoms with E-state index in [1.165, 1.54) is 0 Å². The van der Waals surface area contributed by atoms with E-state index in [2.05, 4.69) is 18.9 Å². The lowest BCUT2D eigenvalue weighted by molar-refractivity contribution is 0.807. The van der Waals surface area contributed by atoms with E-state index in [0.717, 1.165) is 28.0 Å². The van der Waals surface area contributed by atoms with Gasteiger partial charge in [-0.2, -0.15) is 5.10 Å². The van der Waals surface area contributed by atoms with Crippen LogP contribution >= 0.6 is 23.2 Å². The van der Waals surface area contributed by atoms with Crippen molar-refractivity contribution in [3.8, 4) is 11.1 Å². The fourth-order valence-corrected chi connectivity index (χ4v) is 3.17. The van der Waals surface area contributed by atoms with Crippen LogP contribution in [0.15, 0.2) is 30.5 Å². The third kappa shape index (κ3) is 2.41. The number of hydrogen-bond donors (Lipinski definition) is 0. The molecule has 0 aliphatic heterocycles. The number of fused-ring (bicyclic) bond motifs is 1. The second-order valence-electron chi connectivity index (χ2n) is 5.36. The minimum absolute atomic E-state index is 0.303. The fourth-order valence-electron chi connectivity index (χ4n) is 2.56. The zero-order chi connectivity index (χ0) is 15.1. The molecule has 3 rings (SSSR count). The Morgan fingerprint density at radius 2 is 1.76 bits per heavy atom. The van der Waals surface area contributed by atoms with Crippen molar-refractivity contribution in [1.82, 2.24) is 14.6 Å². The van der Waals surface area contributed by atoms with Crippen molar-refractivity contribution in [2.75, 3.05) is 0 Å². The van der Waals surface area contributed by atoms with Crippen LogP contribution in [0, 0.1) is 6.92 Å². The minimum Gasteiger partial charge on any atom is -0.233 e. The SMILES string of the molecule is Cc1nc2c(-c3ccc(Cl)cc3)cnn2c(Cl)c1C(C)C. The first-order valence-corrected chi connectivity index (χ1v) is 7.54. The zero-order valence-corrected chi connectivity index (χ0v) is 13.6. The summed E-state index contributed by atoms with van der Waals surface area (Å²) in [5, 5.41) is 5.73. The van der Waals surface area contributed by atoms with Gasteiger partial charge in [-0.1, -0.05) is 49.2 Å². The highest BCUT2D eigenvalue weighted by molar-refractivity contribution is 6.31. The van der Waals surface area contributed by atoms with Crippen LogP contribution in [0.5, 0.6) is 0 Å². The highest BCUT2D eigenvalue weighted by atomic mass is 35.5. The number of nitrogens with zero attached hydrogens (tertiary/aromatic N) is 3. The molecule has 0 aliphatic carbocycles. The van der Waals surface area contributed by atoms with Crippen LogP contribution < -0.4 is 0 Å². The van der Waals surface area contributed by atoms with Gasteiger partial charge in [0.25, 0.3) is 0 Å². The summed E-state index contributed by atoms with van der Waals surface area (Å²) in [4.78, 5) is 4.70. The van der Waals surface area contributed by atoms with Gasteiger partial charge in [-0.3, -0.25) is 0 Å². The van der Waals surface area contributed by atoms with E-state index in [9.17, 15) is 0 Å². The van der Waals surface area contributed by atoms with Crippen LogP contribution in [0.3, 0.4) is 0 Å². The van der Waals surface area contributed by atoms with Gasteiger partial charge in [-0.15, -0.1) is 0 Å². The number of aryl methyl sites for hydroxylation is 1. The molecule has 0 unspecified atom stereocenters. The minimum atomic E-state index is 0.303. The summed E-state index contributed by atoms with van der Waals surface area (Å²) in [5.41, 5.74) is 4.72. The number of aromatic nitrogens is 3. The molecular formula is C16H15Cl2N3. The molecule has 0 radical (unpaired) electrons. The van der Waals surface area contributed by atoms with Gasteiger partial charge in [0.1, 0.15) is 5.15 Å². The van der Waals surface area contributed by atoms with E-state index in [0.29, 0.717) is 16.1 Å². The van der Waals surface area contributed by atoms with Crippen LogP contribution in [0.25, 0.3) is 16.8 Å². The summed E-state index contributed by atoms with van der Waals surface area (Å²) in [6.07, 6.45) is 1.79. The van der Waals surface area contributed by atoms with Crippen molar-refractivity contribution in [3.63, 3.8) is 0 Å². The molecule has 0 spiro atoms. The second-order valence-corrected chi connectivity index (χ2v) is 6.15. The largest absolute Gasteiger partial charge is 0.233 e. The number of rotatable bonds is 2. The van der Waals surface area contributed by atoms with E-state index >= 15 is 0 Å². The molecule has 0 amide bonds. The Balaban J connectivity index is 2.26. The first-order chi connectivity index (χ1) is 9.99. The number of halogens is 2. The first-order valence-electron chi connectivity index (χ1n) is 6.78. The van der Waals surface area contributed by atoms with Gasteiger partial charge in [-0.05, 0) is 30.5 Å². The van der Waals surface area contributed by atoms with Crippen molar-refractivity contribution in [2.45, 2.75) is 26.7 Å². The molecule has 2 heterocycles. The molecule has 0 aliphatic rings. The Kier molecular flexibility index (Phi) is 3.64. The zero-order valence-electron chi connectivity index (χ0n) is 12.1. The third-order valence-corrected chi connectivity index (χ3v) is 4.16. The standard InChI is InChI=1S/C16H15Cl2N3/c1-9(2)14-10(3)20-16-13(8-19-21(16)15(14)18)11-4-6-12(17)7-5-11/h4-9H,1-3H3. The molecule has 3 nitrogen and oxygen atoms in total. The Hall–Kier alpha value is -1.58. The van der Waals surface area contributed by atoms with Gasteiger partial charge in [0.05, 0.1) is 6.20 Å². The molecule has 2 aromatic heterocycles. The van der Waals surface area contributed by atoms with Crippen LogP contribution in [0.1, 0.15) is 31.0 Å². The summed E-state index contributed by atoms with van der Waals surface area (Å²) in [7, 11) is 0. The van der Waals surface area contributed by atoms with E-state index in [4.69, 9.17) is 28.2 Å². The van der Waals surface area contributed by atoms with Gasteiger partial charge < -0.3 is 0 Å². The topological polar surface area (TPSA) is 30.2 Å². The molecule has 0 fully saturated rings.